The molecule has 2 rings (SSSR count). The van der Waals surface area contributed by atoms with Gasteiger partial charge in [-0.2, -0.15) is 0 Å². The molecule has 19 heavy (non-hydrogen) atoms. The number of hydrogen-bond acceptors (Lipinski definition) is 5. The largest absolute Gasteiger partial charge is 0.369 e. The topological polar surface area (TPSA) is 70.2 Å². The van der Waals surface area contributed by atoms with E-state index in [1.54, 1.807) is 7.05 Å². The van der Waals surface area contributed by atoms with Crippen molar-refractivity contribution < 1.29 is 4.79 Å². The van der Waals surface area contributed by atoms with Crippen LogP contribution in [0.4, 0.5) is 11.6 Å². The first-order valence-corrected chi connectivity index (χ1v) is 7.21. The number of nitrogens with zero attached hydrogens (tertiary/aromatic N) is 3. The van der Waals surface area contributed by atoms with Gasteiger partial charge in [0.05, 0.1) is 0 Å². The molecule has 2 N–H and O–H groups in total. The number of halogens is 1. The maximum Gasteiger partial charge on any atom is 0.242 e. The Hall–Kier alpha value is -1.37. The molecule has 1 aliphatic heterocycles. The molecular weight excluding hydrogens is 310 g/mol. The highest BCUT2D eigenvalue weighted by Crippen LogP contribution is 2.33. The summed E-state index contributed by atoms with van der Waals surface area (Å²) in [5, 5.41) is 5.88. The van der Waals surface area contributed by atoms with Crippen LogP contribution in [0.25, 0.3) is 0 Å². The molecular formula is C12H18BrN5O. The van der Waals surface area contributed by atoms with Crippen LogP contribution in [0.1, 0.15) is 19.8 Å². The first kappa shape index (κ1) is 14.0. The monoisotopic (exact) mass is 327 g/mol. The zero-order valence-electron chi connectivity index (χ0n) is 11.1. The van der Waals surface area contributed by atoms with Gasteiger partial charge in [0, 0.05) is 20.1 Å². The van der Waals surface area contributed by atoms with Crippen LogP contribution in [0.3, 0.4) is 0 Å². The second-order valence-electron chi connectivity index (χ2n) is 4.36. The normalized spacial score (nSPS) is 18.5. The summed E-state index contributed by atoms with van der Waals surface area (Å²) in [6.07, 6.45) is 3.37. The molecule has 0 aliphatic carbocycles. The fourth-order valence-corrected chi connectivity index (χ4v) is 2.88. The van der Waals surface area contributed by atoms with Crippen LogP contribution in [-0.2, 0) is 4.79 Å². The number of rotatable bonds is 4. The number of anilines is 2. The summed E-state index contributed by atoms with van der Waals surface area (Å²) in [6, 6.07) is -0.148. The van der Waals surface area contributed by atoms with E-state index >= 15 is 0 Å². The van der Waals surface area contributed by atoms with Crippen molar-refractivity contribution in [3.05, 3.63) is 10.8 Å². The third kappa shape index (κ3) is 2.80. The molecule has 1 aromatic heterocycles. The van der Waals surface area contributed by atoms with Gasteiger partial charge in [-0.15, -0.1) is 0 Å². The smallest absolute Gasteiger partial charge is 0.242 e. The van der Waals surface area contributed by atoms with E-state index in [0.29, 0.717) is 0 Å². The molecule has 0 saturated carbocycles. The Labute approximate surface area is 121 Å². The average Bonchev–Trinajstić information content (AvgIpc) is 2.89. The van der Waals surface area contributed by atoms with Crippen LogP contribution < -0.4 is 15.5 Å². The van der Waals surface area contributed by atoms with E-state index in [-0.39, 0.29) is 11.9 Å². The molecule has 1 atom stereocenters. The van der Waals surface area contributed by atoms with Gasteiger partial charge in [0.2, 0.25) is 5.91 Å². The van der Waals surface area contributed by atoms with E-state index in [2.05, 4.69) is 36.5 Å². The number of likely N-dealkylation sites (N-methyl/N-ethyl adjacent to an activating group) is 1. The molecule has 1 aliphatic rings. The van der Waals surface area contributed by atoms with Gasteiger partial charge in [0.25, 0.3) is 0 Å². The van der Waals surface area contributed by atoms with Gasteiger partial charge in [-0.1, -0.05) is 0 Å². The molecule has 0 bridgehead atoms. The van der Waals surface area contributed by atoms with Crippen molar-refractivity contribution in [3.63, 3.8) is 0 Å². The SMILES string of the molecule is CCNc1ncnc(N2CCCC2C(=O)NC)c1Br. The predicted molar refractivity (Wildman–Crippen MR) is 78.3 cm³/mol. The van der Waals surface area contributed by atoms with Crippen molar-refractivity contribution >= 4 is 33.5 Å². The van der Waals surface area contributed by atoms with E-state index in [1.165, 1.54) is 6.33 Å². The highest BCUT2D eigenvalue weighted by molar-refractivity contribution is 9.10. The van der Waals surface area contributed by atoms with Gasteiger partial charge in [0.15, 0.2) is 0 Å². The minimum atomic E-state index is -0.148. The standard InChI is InChI=1S/C12H18BrN5O/c1-3-15-10-9(13)11(17-7-16-10)18-6-4-5-8(18)12(19)14-2/h7-8H,3-6H2,1-2H3,(H,14,19)(H,15,16,17). The molecule has 1 saturated heterocycles. The van der Waals surface area contributed by atoms with Crippen LogP contribution >= 0.6 is 15.9 Å². The summed E-state index contributed by atoms with van der Waals surface area (Å²) in [6.45, 7) is 3.63. The summed E-state index contributed by atoms with van der Waals surface area (Å²) < 4.78 is 0.813. The lowest BCUT2D eigenvalue weighted by Crippen LogP contribution is -2.42. The van der Waals surface area contributed by atoms with Crippen molar-refractivity contribution in [2.75, 3.05) is 30.4 Å². The van der Waals surface area contributed by atoms with E-state index in [0.717, 1.165) is 42.0 Å². The number of carbonyl (C=O) groups is 1. The molecule has 7 heteroatoms. The number of carbonyl (C=O) groups excluding carboxylic acids is 1. The third-order valence-electron chi connectivity index (χ3n) is 3.19. The maximum atomic E-state index is 11.9. The summed E-state index contributed by atoms with van der Waals surface area (Å²) in [7, 11) is 1.66. The fraction of sp³-hybridized carbons (Fsp3) is 0.583. The lowest BCUT2D eigenvalue weighted by atomic mass is 10.2. The minimum Gasteiger partial charge on any atom is -0.369 e. The van der Waals surface area contributed by atoms with E-state index in [1.807, 2.05) is 11.8 Å². The molecule has 1 aromatic rings. The zero-order chi connectivity index (χ0) is 13.8. The van der Waals surface area contributed by atoms with Crippen molar-refractivity contribution in [2.24, 2.45) is 0 Å². The van der Waals surface area contributed by atoms with Crippen LogP contribution in [0.15, 0.2) is 10.8 Å². The van der Waals surface area contributed by atoms with Gasteiger partial charge >= 0.3 is 0 Å². The van der Waals surface area contributed by atoms with Crippen LogP contribution in [0.2, 0.25) is 0 Å². The summed E-state index contributed by atoms with van der Waals surface area (Å²) >= 11 is 3.53. The Bertz CT molecular complexity index is 467. The number of aromatic nitrogens is 2. The zero-order valence-corrected chi connectivity index (χ0v) is 12.7. The molecule has 1 fully saturated rings. The second kappa shape index (κ2) is 6.18. The first-order valence-electron chi connectivity index (χ1n) is 6.41. The fourth-order valence-electron chi connectivity index (χ4n) is 2.31. The van der Waals surface area contributed by atoms with Crippen LogP contribution in [0, 0.1) is 0 Å². The van der Waals surface area contributed by atoms with Crippen molar-refractivity contribution in [1.29, 1.82) is 0 Å². The van der Waals surface area contributed by atoms with Crippen molar-refractivity contribution in [1.82, 2.24) is 15.3 Å². The summed E-state index contributed by atoms with van der Waals surface area (Å²) in [5.41, 5.74) is 0. The first-order chi connectivity index (χ1) is 9.19. The molecule has 0 aromatic carbocycles. The van der Waals surface area contributed by atoms with Gasteiger partial charge in [-0.25, -0.2) is 9.97 Å². The van der Waals surface area contributed by atoms with E-state index in [9.17, 15) is 4.79 Å². The lowest BCUT2D eigenvalue weighted by molar-refractivity contribution is -0.121. The molecule has 1 unspecified atom stereocenters. The number of hydrogen-bond donors (Lipinski definition) is 2. The van der Waals surface area contributed by atoms with E-state index in [4.69, 9.17) is 0 Å². The number of amides is 1. The Kier molecular flexibility index (Phi) is 4.57. The quantitative estimate of drug-likeness (QED) is 0.874. The molecule has 6 nitrogen and oxygen atoms in total. The van der Waals surface area contributed by atoms with Crippen LogP contribution in [0.5, 0.6) is 0 Å². The molecule has 0 spiro atoms. The summed E-state index contributed by atoms with van der Waals surface area (Å²) in [4.78, 5) is 22.4. The van der Waals surface area contributed by atoms with Gasteiger partial charge < -0.3 is 15.5 Å². The second-order valence-corrected chi connectivity index (χ2v) is 5.15. The highest BCUT2D eigenvalue weighted by atomic mass is 79.9. The van der Waals surface area contributed by atoms with Gasteiger partial charge in [-0.05, 0) is 35.7 Å². The molecule has 104 valence electrons. The minimum absolute atomic E-state index is 0.0352. The Morgan fingerprint density at radius 3 is 3.05 bits per heavy atom. The molecule has 2 heterocycles. The Balaban J connectivity index is 2.30. The Morgan fingerprint density at radius 1 is 1.58 bits per heavy atom. The lowest BCUT2D eigenvalue weighted by Gasteiger charge is -2.25. The number of nitrogens with one attached hydrogen (secondary N) is 2. The van der Waals surface area contributed by atoms with Crippen molar-refractivity contribution in [3.8, 4) is 0 Å². The average molecular weight is 328 g/mol. The highest BCUT2D eigenvalue weighted by Gasteiger charge is 2.32. The molecule has 1 amide bonds. The molecule has 0 radical (unpaired) electrons. The summed E-state index contributed by atoms with van der Waals surface area (Å²) in [5.74, 6) is 1.57. The van der Waals surface area contributed by atoms with Gasteiger partial charge in [-0.3, -0.25) is 4.79 Å². The van der Waals surface area contributed by atoms with Crippen molar-refractivity contribution in [2.45, 2.75) is 25.8 Å². The maximum absolute atomic E-state index is 11.9. The van der Waals surface area contributed by atoms with Gasteiger partial charge in [0.1, 0.15) is 28.5 Å². The third-order valence-corrected chi connectivity index (χ3v) is 3.92. The van der Waals surface area contributed by atoms with E-state index < -0.39 is 0 Å². The predicted octanol–water partition coefficient (Wildman–Crippen LogP) is 1.39. The Morgan fingerprint density at radius 2 is 2.37 bits per heavy atom. The van der Waals surface area contributed by atoms with Crippen LogP contribution in [-0.4, -0.2) is 42.1 Å².